The van der Waals surface area contributed by atoms with E-state index in [4.69, 9.17) is 64.9 Å². The third-order valence-corrected chi connectivity index (χ3v) is 14.7. The maximum absolute atomic E-state index is 13.5. The number of aromatic nitrogens is 2. The van der Waals surface area contributed by atoms with Crippen LogP contribution in [0.15, 0.2) is 106 Å². The monoisotopic (exact) mass is 1020 g/mol. The van der Waals surface area contributed by atoms with Gasteiger partial charge in [-0.1, -0.05) is 81.0 Å². The largest absolute Gasteiger partial charge is 0.489 e. The van der Waals surface area contributed by atoms with Crippen molar-refractivity contribution < 1.29 is 38.0 Å². The fourth-order valence-electron chi connectivity index (χ4n) is 9.09. The quantitative estimate of drug-likeness (QED) is 0.114. The fourth-order valence-corrected chi connectivity index (χ4v) is 10.2. The lowest BCUT2D eigenvalue weighted by atomic mass is 9.86. The summed E-state index contributed by atoms with van der Waals surface area (Å²) in [5.41, 5.74) is 7.03. The van der Waals surface area contributed by atoms with Crippen LogP contribution in [-0.4, -0.2) is 33.2 Å². The number of rotatable bonds is 13. The number of carboxylic acid groups (broad SMARTS) is 1. The summed E-state index contributed by atoms with van der Waals surface area (Å²) < 4.78 is 23.9. The van der Waals surface area contributed by atoms with E-state index in [2.05, 4.69) is 15.6 Å². The topological polar surface area (TPSA) is 157 Å². The third kappa shape index (κ3) is 8.91. The Balaban J connectivity index is 0.000000169. The van der Waals surface area contributed by atoms with Crippen LogP contribution in [0.1, 0.15) is 115 Å². The van der Waals surface area contributed by atoms with Crippen molar-refractivity contribution in [2.45, 2.75) is 95.8 Å². The molecule has 0 bridgehead atoms. The minimum Gasteiger partial charge on any atom is -0.489 e. The maximum atomic E-state index is 13.5. The third-order valence-electron chi connectivity index (χ3n) is 13.4. The van der Waals surface area contributed by atoms with Crippen LogP contribution in [-0.2, 0) is 40.2 Å². The standard InChI is InChI=1S/C31H26Cl2N2O5.C23H20Cl2N2O3/c1-31(2)22-14-20(11-12-25(22)35(30(31)38)15-17-5-3-6-19(13-17)29(36)37)39-16-21-27(34-40-28(21)18-9-10-18)26-23(32)7-4-8-24(26)33;1-23(2)15-10-13(8-9-18(15)26-22(23)28)29-11-14-20(27-30-21(14)12-6-7-12)19-16(24)4-3-5-17(19)25/h3-8,11-14,18H,9-10,15-16H2,1-2H3,(H,36,37);3-5,8-10,12H,6-7,11H2,1-2H3,(H,26,28). The van der Waals surface area contributed by atoms with Gasteiger partial charge in [-0.3, -0.25) is 9.59 Å². The molecule has 2 aliphatic carbocycles. The first kappa shape index (κ1) is 47.4. The van der Waals surface area contributed by atoms with Crippen LogP contribution in [0.4, 0.5) is 11.4 Å². The minimum absolute atomic E-state index is 0.0136. The molecule has 0 radical (unpaired) electrons. The highest BCUT2D eigenvalue weighted by Crippen LogP contribution is 2.49. The molecule has 2 amide bonds. The number of amides is 2. The summed E-state index contributed by atoms with van der Waals surface area (Å²) in [6.45, 7) is 8.31. The lowest BCUT2D eigenvalue weighted by Gasteiger charge is -2.20. The highest BCUT2D eigenvalue weighted by Gasteiger charge is 2.44. The Kier molecular flexibility index (Phi) is 12.5. The molecule has 11 rings (SSSR count). The zero-order valence-electron chi connectivity index (χ0n) is 38.5. The summed E-state index contributed by atoms with van der Waals surface area (Å²) in [5, 5.41) is 22.9. The minimum atomic E-state index is -1.00. The van der Waals surface area contributed by atoms with Gasteiger partial charge in [0.15, 0.2) is 0 Å². The molecule has 2 fully saturated rings. The number of hydrogen-bond acceptors (Lipinski definition) is 9. The average Bonchev–Trinajstić information content (AvgIpc) is 4.26. The highest BCUT2D eigenvalue weighted by molar-refractivity contribution is 6.39. The van der Waals surface area contributed by atoms with Crippen molar-refractivity contribution in [1.29, 1.82) is 0 Å². The molecular weight excluding hydrogens is 974 g/mol. The Bertz CT molecular complexity index is 3200. The molecule has 70 heavy (non-hydrogen) atoms. The van der Waals surface area contributed by atoms with Gasteiger partial charge in [0.25, 0.3) is 0 Å². The first-order valence-electron chi connectivity index (χ1n) is 22.9. The van der Waals surface area contributed by atoms with Gasteiger partial charge in [-0.15, -0.1) is 0 Å². The van der Waals surface area contributed by atoms with Crippen molar-refractivity contribution in [3.05, 3.63) is 162 Å². The van der Waals surface area contributed by atoms with Gasteiger partial charge in [0.1, 0.15) is 47.6 Å². The van der Waals surface area contributed by atoms with Crippen LogP contribution in [0.2, 0.25) is 20.1 Å². The number of carbonyl (C=O) groups excluding carboxylic acids is 2. The van der Waals surface area contributed by atoms with E-state index in [0.29, 0.717) is 65.9 Å². The Morgan fingerprint density at radius 1 is 0.686 bits per heavy atom. The number of anilines is 2. The number of aromatic carboxylic acids is 1. The Hall–Kier alpha value is -6.31. The molecule has 358 valence electrons. The summed E-state index contributed by atoms with van der Waals surface area (Å²) in [5.74, 6) is 2.47. The second kappa shape index (κ2) is 18.5. The molecule has 2 aromatic heterocycles. The smallest absolute Gasteiger partial charge is 0.335 e. The van der Waals surface area contributed by atoms with Crippen molar-refractivity contribution in [3.63, 3.8) is 0 Å². The molecule has 4 heterocycles. The molecule has 0 atom stereocenters. The van der Waals surface area contributed by atoms with E-state index in [1.54, 1.807) is 53.4 Å². The lowest BCUT2D eigenvalue weighted by molar-refractivity contribution is -0.122. The zero-order chi connectivity index (χ0) is 49.2. The SMILES string of the molecule is CC1(C)C(=O)N(Cc2cccc(C(=O)O)c2)c2ccc(OCc3c(-c4c(Cl)cccc4Cl)noc3C3CC3)cc21.CC1(C)C(=O)Nc2ccc(OCc3c(-c4c(Cl)cccc4Cl)noc3C3CC3)cc21. The molecule has 0 unspecified atom stereocenters. The van der Waals surface area contributed by atoms with Gasteiger partial charge in [0.05, 0.1) is 54.2 Å². The first-order valence-corrected chi connectivity index (χ1v) is 24.4. The Labute approximate surface area is 423 Å². The average molecular weight is 1020 g/mol. The summed E-state index contributed by atoms with van der Waals surface area (Å²) in [6.07, 6.45) is 4.19. The number of carboxylic acids is 1. The van der Waals surface area contributed by atoms with Crippen molar-refractivity contribution in [1.82, 2.24) is 10.3 Å². The second-order valence-electron chi connectivity index (χ2n) is 19.1. The van der Waals surface area contributed by atoms with Gasteiger partial charge >= 0.3 is 5.97 Å². The predicted octanol–water partition coefficient (Wildman–Crippen LogP) is 14.0. The van der Waals surface area contributed by atoms with Gasteiger partial charge in [-0.05, 0) is 143 Å². The van der Waals surface area contributed by atoms with Crippen LogP contribution in [0.5, 0.6) is 11.5 Å². The summed E-state index contributed by atoms with van der Waals surface area (Å²) >= 11 is 25.8. The molecule has 2 N–H and O–H groups in total. The number of carbonyl (C=O) groups is 3. The Morgan fingerprint density at radius 2 is 1.19 bits per heavy atom. The number of nitrogens with one attached hydrogen (secondary N) is 1. The van der Waals surface area contributed by atoms with Crippen LogP contribution >= 0.6 is 46.4 Å². The van der Waals surface area contributed by atoms with Gasteiger partial charge in [0, 0.05) is 34.3 Å². The zero-order valence-corrected chi connectivity index (χ0v) is 41.5. The summed E-state index contributed by atoms with van der Waals surface area (Å²) in [6, 6.07) is 28.6. The normalized spacial score (nSPS) is 16.3. The molecule has 2 aliphatic heterocycles. The van der Waals surface area contributed by atoms with Crippen LogP contribution in [0, 0.1) is 0 Å². The maximum Gasteiger partial charge on any atom is 0.335 e. The Morgan fingerprint density at radius 3 is 1.70 bits per heavy atom. The van der Waals surface area contributed by atoms with Crippen molar-refractivity contribution in [3.8, 4) is 34.0 Å². The number of fused-ring (bicyclic) bond motifs is 2. The van der Waals surface area contributed by atoms with Gasteiger partial charge in [0.2, 0.25) is 11.8 Å². The molecule has 12 nitrogen and oxygen atoms in total. The van der Waals surface area contributed by atoms with E-state index in [-0.39, 0.29) is 37.1 Å². The molecule has 16 heteroatoms. The molecular formula is C54H46Cl4N4O8. The second-order valence-corrected chi connectivity index (χ2v) is 20.7. The van der Waals surface area contributed by atoms with E-state index >= 15 is 0 Å². The number of halogens is 4. The molecule has 4 aliphatic rings. The molecule has 5 aromatic carbocycles. The van der Waals surface area contributed by atoms with Crippen molar-refractivity contribution >= 4 is 75.6 Å². The fraction of sp³-hybridized carbons (Fsp3) is 0.278. The predicted molar refractivity (Wildman–Crippen MR) is 269 cm³/mol. The van der Waals surface area contributed by atoms with Gasteiger partial charge < -0.3 is 33.8 Å². The molecule has 0 saturated heterocycles. The van der Waals surface area contributed by atoms with Gasteiger partial charge in [-0.25, -0.2) is 4.79 Å². The number of nitrogens with zero attached hydrogens (tertiary/aromatic N) is 3. The highest BCUT2D eigenvalue weighted by atomic mass is 35.5. The van der Waals surface area contributed by atoms with Crippen LogP contribution in [0.25, 0.3) is 22.5 Å². The number of ether oxygens (including phenoxy) is 2. The van der Waals surface area contributed by atoms with Crippen molar-refractivity contribution in [2.24, 2.45) is 0 Å². The molecule has 0 spiro atoms. The van der Waals surface area contributed by atoms with Gasteiger partial charge in [-0.2, -0.15) is 0 Å². The van der Waals surface area contributed by atoms with E-state index in [1.807, 2.05) is 70.2 Å². The van der Waals surface area contributed by atoms with Crippen LogP contribution in [0.3, 0.4) is 0 Å². The molecule has 2 saturated carbocycles. The van der Waals surface area contributed by atoms with E-state index in [9.17, 15) is 19.5 Å². The van der Waals surface area contributed by atoms with E-state index in [1.165, 1.54) is 6.07 Å². The van der Waals surface area contributed by atoms with E-state index in [0.717, 1.165) is 76.4 Å². The number of hydrogen-bond donors (Lipinski definition) is 2. The van der Waals surface area contributed by atoms with Crippen LogP contribution < -0.4 is 19.7 Å². The first-order chi connectivity index (χ1) is 33.5. The van der Waals surface area contributed by atoms with E-state index < -0.39 is 16.8 Å². The summed E-state index contributed by atoms with van der Waals surface area (Å²) in [4.78, 5) is 38.8. The number of benzene rings is 5. The molecule has 7 aromatic rings. The lowest BCUT2D eigenvalue weighted by Crippen LogP contribution is -2.35. The van der Waals surface area contributed by atoms with Crippen molar-refractivity contribution in [2.75, 3.05) is 10.2 Å². The summed E-state index contributed by atoms with van der Waals surface area (Å²) in [7, 11) is 0.